The molecule has 1 aromatic heterocycles. The van der Waals surface area contributed by atoms with Gasteiger partial charge in [0.2, 0.25) is 0 Å². The fraction of sp³-hybridized carbons (Fsp3) is 0.714. The molecule has 18 heavy (non-hydrogen) atoms. The van der Waals surface area contributed by atoms with E-state index in [2.05, 4.69) is 33.2 Å². The van der Waals surface area contributed by atoms with Gasteiger partial charge in [-0.25, -0.2) is 0 Å². The van der Waals surface area contributed by atoms with Crippen LogP contribution in [0.5, 0.6) is 0 Å². The van der Waals surface area contributed by atoms with Crippen LogP contribution in [0.2, 0.25) is 0 Å². The van der Waals surface area contributed by atoms with Crippen molar-refractivity contribution in [3.8, 4) is 0 Å². The van der Waals surface area contributed by atoms with Crippen molar-refractivity contribution in [3.05, 3.63) is 22.6 Å². The second-order valence-electron chi connectivity index (χ2n) is 5.71. The number of piperidine rings is 1. The Hall–Kier alpha value is -0.320. The number of hydrogen-bond donors (Lipinski definition) is 1. The molecule has 2 unspecified atom stereocenters. The summed E-state index contributed by atoms with van der Waals surface area (Å²) in [5.41, 5.74) is 0. The number of hydrogen-bond acceptors (Lipinski definition) is 3. The first-order valence-corrected chi connectivity index (χ1v) is 7.68. The van der Waals surface area contributed by atoms with Gasteiger partial charge in [0.05, 0.1) is 17.3 Å². The van der Waals surface area contributed by atoms with E-state index >= 15 is 0 Å². The molecule has 4 heteroatoms. The summed E-state index contributed by atoms with van der Waals surface area (Å²) in [7, 11) is 2.30. The van der Waals surface area contributed by atoms with Crippen LogP contribution in [0.4, 0.5) is 0 Å². The summed E-state index contributed by atoms with van der Waals surface area (Å²) < 4.78 is 6.48. The van der Waals surface area contributed by atoms with Gasteiger partial charge in [0.1, 0.15) is 5.76 Å². The van der Waals surface area contributed by atoms with E-state index in [1.54, 1.807) is 6.26 Å². The predicted molar refractivity (Wildman–Crippen MR) is 75.4 cm³/mol. The molecule has 1 N–H and O–H groups in total. The largest absolute Gasteiger partial charge is 0.467 e. The van der Waals surface area contributed by atoms with E-state index in [1.165, 1.54) is 25.7 Å². The van der Waals surface area contributed by atoms with E-state index in [0.717, 1.165) is 41.3 Å². The summed E-state index contributed by atoms with van der Waals surface area (Å²) >= 11 is 3.49. The van der Waals surface area contributed by atoms with Crippen LogP contribution in [0.25, 0.3) is 0 Å². The molecule has 2 fully saturated rings. The van der Waals surface area contributed by atoms with Crippen LogP contribution < -0.4 is 5.32 Å². The summed E-state index contributed by atoms with van der Waals surface area (Å²) in [6.45, 7) is 1.95. The molecule has 2 bridgehead atoms. The monoisotopic (exact) mass is 312 g/mol. The average molecular weight is 313 g/mol. The molecule has 0 aliphatic carbocycles. The maximum absolute atomic E-state index is 5.41. The standard InChI is InChI=1S/C14H21BrN2O/c1-17-11-2-3-12(17)7-10(6-11)8-16-9-14-13(15)4-5-18-14/h4-5,10-12,16H,2-3,6-9H2,1H3. The van der Waals surface area contributed by atoms with Crippen molar-refractivity contribution >= 4 is 15.9 Å². The topological polar surface area (TPSA) is 28.4 Å². The van der Waals surface area contributed by atoms with Crippen LogP contribution in [-0.2, 0) is 6.54 Å². The van der Waals surface area contributed by atoms with Gasteiger partial charge >= 0.3 is 0 Å². The Kier molecular flexibility index (Phi) is 3.78. The number of halogens is 1. The summed E-state index contributed by atoms with van der Waals surface area (Å²) in [4.78, 5) is 2.60. The third-order valence-electron chi connectivity index (χ3n) is 4.61. The van der Waals surface area contributed by atoms with Crippen molar-refractivity contribution in [1.82, 2.24) is 10.2 Å². The lowest BCUT2D eigenvalue weighted by molar-refractivity contribution is 0.132. The first-order chi connectivity index (χ1) is 8.74. The third-order valence-corrected chi connectivity index (χ3v) is 5.31. The molecule has 0 aromatic carbocycles. The lowest BCUT2D eigenvalue weighted by Crippen LogP contribution is -2.42. The number of furan rings is 1. The number of rotatable bonds is 4. The molecule has 0 amide bonds. The van der Waals surface area contributed by atoms with Gasteiger partial charge in [0.15, 0.2) is 0 Å². The Balaban J connectivity index is 1.46. The molecule has 3 heterocycles. The normalized spacial score (nSPS) is 32.0. The van der Waals surface area contributed by atoms with Crippen molar-refractivity contribution in [2.75, 3.05) is 13.6 Å². The molecule has 3 nitrogen and oxygen atoms in total. The molecular formula is C14H21BrN2O. The van der Waals surface area contributed by atoms with Crippen LogP contribution in [-0.4, -0.2) is 30.6 Å². The van der Waals surface area contributed by atoms with Gasteiger partial charge in [-0.3, -0.25) is 0 Å². The Bertz CT molecular complexity index is 392. The van der Waals surface area contributed by atoms with Crippen molar-refractivity contribution in [1.29, 1.82) is 0 Å². The molecule has 0 spiro atoms. The maximum Gasteiger partial charge on any atom is 0.131 e. The molecule has 1 aromatic rings. The average Bonchev–Trinajstić information content (AvgIpc) is 2.82. The molecule has 2 atom stereocenters. The highest BCUT2D eigenvalue weighted by atomic mass is 79.9. The van der Waals surface area contributed by atoms with E-state index in [1.807, 2.05) is 6.07 Å². The second kappa shape index (κ2) is 5.35. The summed E-state index contributed by atoms with van der Waals surface area (Å²) in [5.74, 6) is 1.85. The zero-order valence-corrected chi connectivity index (χ0v) is 12.4. The Morgan fingerprint density at radius 1 is 1.39 bits per heavy atom. The van der Waals surface area contributed by atoms with Crippen molar-refractivity contribution in [3.63, 3.8) is 0 Å². The van der Waals surface area contributed by atoms with Gasteiger partial charge in [-0.15, -0.1) is 0 Å². The van der Waals surface area contributed by atoms with E-state index < -0.39 is 0 Å². The van der Waals surface area contributed by atoms with E-state index in [9.17, 15) is 0 Å². The highest BCUT2D eigenvalue weighted by molar-refractivity contribution is 9.10. The molecule has 2 aliphatic heterocycles. The van der Waals surface area contributed by atoms with Gasteiger partial charge in [-0.1, -0.05) is 0 Å². The van der Waals surface area contributed by atoms with E-state index in [4.69, 9.17) is 4.42 Å². The first-order valence-electron chi connectivity index (χ1n) is 6.88. The number of nitrogens with one attached hydrogen (secondary N) is 1. The zero-order valence-electron chi connectivity index (χ0n) is 10.9. The Labute approximate surface area is 117 Å². The molecule has 0 saturated carbocycles. The van der Waals surface area contributed by atoms with Crippen molar-refractivity contribution in [2.24, 2.45) is 5.92 Å². The van der Waals surface area contributed by atoms with Crippen LogP contribution in [0.15, 0.2) is 21.2 Å². The lowest BCUT2D eigenvalue weighted by atomic mass is 9.91. The number of nitrogens with zero attached hydrogens (tertiary/aromatic N) is 1. The van der Waals surface area contributed by atoms with Gasteiger partial charge < -0.3 is 14.6 Å². The van der Waals surface area contributed by atoms with Crippen molar-refractivity contribution < 1.29 is 4.42 Å². The van der Waals surface area contributed by atoms with Crippen molar-refractivity contribution in [2.45, 2.75) is 44.3 Å². The fourth-order valence-corrected chi connectivity index (χ4v) is 3.87. The van der Waals surface area contributed by atoms with E-state index in [-0.39, 0.29) is 0 Å². The molecule has 2 aliphatic rings. The maximum atomic E-state index is 5.41. The van der Waals surface area contributed by atoms with Gasteiger partial charge in [0, 0.05) is 12.1 Å². The summed E-state index contributed by atoms with van der Waals surface area (Å²) in [6.07, 6.45) is 7.26. The summed E-state index contributed by atoms with van der Waals surface area (Å²) in [6, 6.07) is 3.63. The Morgan fingerprint density at radius 2 is 2.11 bits per heavy atom. The fourth-order valence-electron chi connectivity index (χ4n) is 3.53. The smallest absolute Gasteiger partial charge is 0.131 e. The van der Waals surface area contributed by atoms with Crippen LogP contribution in [0, 0.1) is 5.92 Å². The minimum atomic E-state index is 0.829. The minimum Gasteiger partial charge on any atom is -0.467 e. The van der Waals surface area contributed by atoms with Gasteiger partial charge in [-0.05, 0) is 67.2 Å². The third kappa shape index (κ3) is 2.51. The van der Waals surface area contributed by atoms with Crippen LogP contribution >= 0.6 is 15.9 Å². The first kappa shape index (κ1) is 12.7. The van der Waals surface area contributed by atoms with Gasteiger partial charge in [0.25, 0.3) is 0 Å². The second-order valence-corrected chi connectivity index (χ2v) is 6.56. The molecular weight excluding hydrogens is 292 g/mol. The highest BCUT2D eigenvalue weighted by Crippen LogP contribution is 2.37. The predicted octanol–water partition coefficient (Wildman–Crippen LogP) is 3.00. The molecule has 100 valence electrons. The quantitative estimate of drug-likeness (QED) is 0.926. The highest BCUT2D eigenvalue weighted by Gasteiger charge is 2.37. The summed E-state index contributed by atoms with van der Waals surface area (Å²) in [5, 5.41) is 3.54. The molecule has 2 saturated heterocycles. The van der Waals surface area contributed by atoms with E-state index in [0.29, 0.717) is 0 Å². The van der Waals surface area contributed by atoms with Crippen LogP contribution in [0.3, 0.4) is 0 Å². The minimum absolute atomic E-state index is 0.829. The van der Waals surface area contributed by atoms with Gasteiger partial charge in [-0.2, -0.15) is 0 Å². The molecule has 3 rings (SSSR count). The molecule has 0 radical (unpaired) electrons. The Morgan fingerprint density at radius 3 is 2.72 bits per heavy atom. The zero-order chi connectivity index (χ0) is 12.5. The van der Waals surface area contributed by atoms with Crippen LogP contribution in [0.1, 0.15) is 31.4 Å². The lowest BCUT2D eigenvalue weighted by Gasteiger charge is -2.36. The number of fused-ring (bicyclic) bond motifs is 2. The SMILES string of the molecule is CN1C2CCC1CC(CNCc1occc1Br)C2.